The fraction of sp³-hybridized carbons (Fsp3) is 0.188. The summed E-state index contributed by atoms with van der Waals surface area (Å²) in [5.41, 5.74) is 1.60. The first-order valence-corrected chi connectivity index (χ1v) is 6.51. The summed E-state index contributed by atoms with van der Waals surface area (Å²) < 4.78 is 13.3. The van der Waals surface area contributed by atoms with Gasteiger partial charge < -0.3 is 15.3 Å². The fourth-order valence-electron chi connectivity index (χ4n) is 1.96. The maximum Gasteiger partial charge on any atom is 0.255 e. The lowest BCUT2D eigenvalue weighted by Gasteiger charge is -2.15. The molecule has 2 aromatic carbocycles. The van der Waals surface area contributed by atoms with Crippen molar-refractivity contribution in [2.24, 2.45) is 0 Å². The molecule has 21 heavy (non-hydrogen) atoms. The van der Waals surface area contributed by atoms with Gasteiger partial charge in [0.2, 0.25) is 0 Å². The predicted molar refractivity (Wildman–Crippen MR) is 79.9 cm³/mol. The van der Waals surface area contributed by atoms with Crippen LogP contribution in [0.15, 0.2) is 42.5 Å². The average Bonchev–Trinajstić information content (AvgIpc) is 2.48. The highest BCUT2D eigenvalue weighted by molar-refractivity contribution is 5.99. The minimum Gasteiger partial charge on any atom is -0.505 e. The van der Waals surface area contributed by atoms with Crippen molar-refractivity contribution >= 4 is 11.6 Å². The number of para-hydroxylation sites is 2. The highest BCUT2D eigenvalue weighted by Crippen LogP contribution is 2.23. The third-order valence-electron chi connectivity index (χ3n) is 3.10. The van der Waals surface area contributed by atoms with Crippen LogP contribution in [0.5, 0.6) is 5.75 Å². The summed E-state index contributed by atoms with van der Waals surface area (Å²) in [6, 6.07) is 11.4. The number of benzene rings is 2. The van der Waals surface area contributed by atoms with E-state index in [4.69, 9.17) is 0 Å². The molecule has 4 nitrogen and oxygen atoms in total. The first-order chi connectivity index (χ1) is 10.0. The van der Waals surface area contributed by atoms with Gasteiger partial charge in [0.25, 0.3) is 5.91 Å². The summed E-state index contributed by atoms with van der Waals surface area (Å²) in [6.45, 7) is 0.224. The lowest BCUT2D eigenvalue weighted by Crippen LogP contribution is -2.22. The second kappa shape index (κ2) is 6.26. The molecule has 0 aliphatic carbocycles. The Morgan fingerprint density at radius 2 is 1.90 bits per heavy atom. The Morgan fingerprint density at radius 1 is 1.19 bits per heavy atom. The molecular formula is C16H17FN2O2. The van der Waals surface area contributed by atoms with Crippen LogP contribution in [0.25, 0.3) is 0 Å². The zero-order valence-corrected chi connectivity index (χ0v) is 11.9. The van der Waals surface area contributed by atoms with E-state index in [1.807, 2.05) is 0 Å². The third-order valence-corrected chi connectivity index (χ3v) is 3.10. The van der Waals surface area contributed by atoms with Crippen LogP contribution in [-0.2, 0) is 6.54 Å². The van der Waals surface area contributed by atoms with Gasteiger partial charge in [-0.25, -0.2) is 4.39 Å². The van der Waals surface area contributed by atoms with Crippen LogP contribution in [0.1, 0.15) is 15.9 Å². The summed E-state index contributed by atoms with van der Waals surface area (Å²) in [6.07, 6.45) is 0. The zero-order valence-electron chi connectivity index (χ0n) is 11.9. The van der Waals surface area contributed by atoms with E-state index in [1.54, 1.807) is 44.4 Å². The van der Waals surface area contributed by atoms with Gasteiger partial charge in [-0.15, -0.1) is 0 Å². The van der Waals surface area contributed by atoms with E-state index in [9.17, 15) is 14.3 Å². The molecule has 0 aromatic heterocycles. The lowest BCUT2D eigenvalue weighted by atomic mass is 10.1. The number of aromatic hydroxyl groups is 1. The number of amides is 1. The number of nitrogens with one attached hydrogen (secondary N) is 1. The van der Waals surface area contributed by atoms with Crippen LogP contribution in [0.3, 0.4) is 0 Å². The van der Waals surface area contributed by atoms with Gasteiger partial charge in [-0.3, -0.25) is 4.79 Å². The van der Waals surface area contributed by atoms with Crippen LogP contribution < -0.4 is 5.32 Å². The number of rotatable bonds is 4. The van der Waals surface area contributed by atoms with Crippen molar-refractivity contribution in [1.82, 2.24) is 4.90 Å². The highest BCUT2D eigenvalue weighted by Gasteiger charge is 2.13. The molecule has 0 saturated carbocycles. The number of nitrogens with zero attached hydrogens (tertiary/aromatic N) is 1. The minimum atomic E-state index is -0.660. The predicted octanol–water partition coefficient (Wildman–Crippen LogP) is 2.85. The van der Waals surface area contributed by atoms with Crippen LogP contribution in [0.2, 0.25) is 0 Å². The van der Waals surface area contributed by atoms with E-state index in [0.29, 0.717) is 16.8 Å². The number of phenolic OH excluding ortho intramolecular Hbond substituents is 1. The molecule has 0 saturated heterocycles. The average molecular weight is 288 g/mol. The summed E-state index contributed by atoms with van der Waals surface area (Å²) in [4.78, 5) is 13.6. The van der Waals surface area contributed by atoms with Crippen molar-refractivity contribution in [3.63, 3.8) is 0 Å². The standard InChI is InChI=1S/C16H17FN2O2/c1-19(2)16(21)12-7-3-4-9-14(12)18-10-11-6-5-8-13(17)15(11)20/h3-9,18,20H,10H2,1-2H3. The summed E-state index contributed by atoms with van der Waals surface area (Å²) in [5.74, 6) is -1.16. The summed E-state index contributed by atoms with van der Waals surface area (Å²) in [7, 11) is 3.36. The van der Waals surface area contributed by atoms with E-state index in [-0.39, 0.29) is 18.2 Å². The van der Waals surface area contributed by atoms with Crippen molar-refractivity contribution in [2.45, 2.75) is 6.54 Å². The van der Waals surface area contributed by atoms with Crippen LogP contribution in [0.4, 0.5) is 10.1 Å². The second-order valence-corrected chi connectivity index (χ2v) is 4.85. The molecule has 1 amide bonds. The first kappa shape index (κ1) is 14.8. The van der Waals surface area contributed by atoms with Gasteiger partial charge in [-0.1, -0.05) is 24.3 Å². The molecule has 0 bridgehead atoms. The maximum atomic E-state index is 13.3. The van der Waals surface area contributed by atoms with E-state index in [2.05, 4.69) is 5.32 Å². The molecule has 0 aliphatic heterocycles. The Labute approximate surface area is 122 Å². The molecular weight excluding hydrogens is 271 g/mol. The summed E-state index contributed by atoms with van der Waals surface area (Å²) in [5, 5.41) is 12.7. The summed E-state index contributed by atoms with van der Waals surface area (Å²) >= 11 is 0. The Kier molecular flexibility index (Phi) is 4.42. The fourth-order valence-corrected chi connectivity index (χ4v) is 1.96. The topological polar surface area (TPSA) is 52.6 Å². The first-order valence-electron chi connectivity index (χ1n) is 6.51. The molecule has 0 atom stereocenters. The Morgan fingerprint density at radius 3 is 2.62 bits per heavy atom. The van der Waals surface area contributed by atoms with Gasteiger partial charge in [-0.05, 0) is 18.2 Å². The number of anilines is 1. The lowest BCUT2D eigenvalue weighted by molar-refractivity contribution is 0.0828. The molecule has 0 fully saturated rings. The largest absolute Gasteiger partial charge is 0.505 e. The van der Waals surface area contributed by atoms with Gasteiger partial charge in [0.15, 0.2) is 11.6 Å². The minimum absolute atomic E-state index is 0.124. The Balaban J connectivity index is 2.21. The second-order valence-electron chi connectivity index (χ2n) is 4.85. The van der Waals surface area contributed by atoms with E-state index < -0.39 is 5.82 Å². The number of halogens is 1. The van der Waals surface area contributed by atoms with E-state index in [1.165, 1.54) is 17.0 Å². The van der Waals surface area contributed by atoms with Gasteiger partial charge in [0.05, 0.1) is 5.56 Å². The van der Waals surface area contributed by atoms with Crippen molar-refractivity contribution in [3.05, 3.63) is 59.4 Å². The number of hydrogen-bond donors (Lipinski definition) is 2. The molecule has 0 heterocycles. The van der Waals surface area contributed by atoms with Gasteiger partial charge in [0, 0.05) is 31.9 Å². The molecule has 0 aliphatic rings. The highest BCUT2D eigenvalue weighted by atomic mass is 19.1. The number of carbonyl (C=O) groups excluding carboxylic acids is 1. The molecule has 5 heteroatoms. The van der Waals surface area contributed by atoms with E-state index >= 15 is 0 Å². The Bertz CT molecular complexity index is 656. The number of carbonyl (C=O) groups is 1. The molecule has 0 radical (unpaired) electrons. The Hall–Kier alpha value is -2.56. The van der Waals surface area contributed by atoms with Crippen LogP contribution in [0, 0.1) is 5.82 Å². The zero-order chi connectivity index (χ0) is 15.4. The quantitative estimate of drug-likeness (QED) is 0.909. The van der Waals surface area contributed by atoms with Crippen molar-refractivity contribution in [2.75, 3.05) is 19.4 Å². The molecule has 2 aromatic rings. The molecule has 110 valence electrons. The molecule has 2 N–H and O–H groups in total. The van der Waals surface area contributed by atoms with Gasteiger partial charge in [0.1, 0.15) is 0 Å². The number of hydrogen-bond acceptors (Lipinski definition) is 3. The molecule has 0 unspecified atom stereocenters. The van der Waals surface area contributed by atoms with Gasteiger partial charge >= 0.3 is 0 Å². The van der Waals surface area contributed by atoms with Crippen LogP contribution in [-0.4, -0.2) is 30.0 Å². The van der Waals surface area contributed by atoms with E-state index in [0.717, 1.165) is 0 Å². The van der Waals surface area contributed by atoms with Gasteiger partial charge in [-0.2, -0.15) is 0 Å². The monoisotopic (exact) mass is 288 g/mol. The van der Waals surface area contributed by atoms with Crippen molar-refractivity contribution < 1.29 is 14.3 Å². The van der Waals surface area contributed by atoms with Crippen molar-refractivity contribution in [1.29, 1.82) is 0 Å². The molecule has 2 rings (SSSR count). The molecule has 0 spiro atoms. The number of phenols is 1. The maximum absolute atomic E-state index is 13.3. The third kappa shape index (κ3) is 3.31. The van der Waals surface area contributed by atoms with Crippen LogP contribution >= 0.6 is 0 Å². The van der Waals surface area contributed by atoms with Crippen molar-refractivity contribution in [3.8, 4) is 5.75 Å². The SMILES string of the molecule is CN(C)C(=O)c1ccccc1NCc1cccc(F)c1O. The smallest absolute Gasteiger partial charge is 0.255 e. The normalized spacial score (nSPS) is 10.2.